The van der Waals surface area contributed by atoms with Crippen molar-refractivity contribution >= 4 is 41.2 Å². The third-order valence-electron chi connectivity index (χ3n) is 2.44. The van der Waals surface area contributed by atoms with Crippen LogP contribution in [0.5, 0.6) is 0 Å². The number of carbonyl (C=O) groups excluding carboxylic acids is 1. The average molecular weight is 332 g/mol. The first-order chi connectivity index (χ1) is 10.6. The predicted octanol–water partition coefficient (Wildman–Crippen LogP) is 1.78. The lowest BCUT2D eigenvalue weighted by Gasteiger charge is -2.07. The minimum absolute atomic E-state index is 0.0796. The number of nitrogens with zero attached hydrogens (tertiary/aromatic N) is 4. The van der Waals surface area contributed by atoms with Crippen LogP contribution < -0.4 is 11.1 Å². The van der Waals surface area contributed by atoms with Crippen LogP contribution in [0.15, 0.2) is 34.4 Å². The molecule has 7 nitrogen and oxygen atoms in total. The zero-order valence-corrected chi connectivity index (χ0v) is 13.2. The Labute approximate surface area is 135 Å². The highest BCUT2D eigenvalue weighted by Gasteiger charge is 2.15. The molecule has 112 valence electrons. The molecule has 0 atom stereocenters. The molecule has 0 aliphatic carbocycles. The van der Waals surface area contributed by atoms with Crippen molar-refractivity contribution in [2.45, 2.75) is 10.1 Å². The lowest BCUT2D eigenvalue weighted by atomic mass is 10.4. The Morgan fingerprint density at radius 2 is 2.18 bits per heavy atom. The van der Waals surface area contributed by atoms with Crippen LogP contribution in [0.1, 0.15) is 5.56 Å². The van der Waals surface area contributed by atoms with Gasteiger partial charge in [0.15, 0.2) is 0 Å². The Morgan fingerprint density at radius 3 is 2.82 bits per heavy atom. The van der Waals surface area contributed by atoms with E-state index < -0.39 is 0 Å². The molecular formula is C13H12N6OS2. The van der Waals surface area contributed by atoms with Crippen molar-refractivity contribution in [2.24, 2.45) is 0 Å². The number of anilines is 2. The van der Waals surface area contributed by atoms with Gasteiger partial charge in [-0.05, 0) is 18.4 Å². The van der Waals surface area contributed by atoms with Crippen LogP contribution >= 0.6 is 23.5 Å². The third kappa shape index (κ3) is 4.09. The molecule has 0 saturated carbocycles. The zero-order chi connectivity index (χ0) is 15.9. The summed E-state index contributed by atoms with van der Waals surface area (Å²) in [4.78, 5) is 23.9. The standard InChI is InChI=1S/C13H12N6OS2/c1-21-11-8(6-14)12(19-13(15)18-11)22-7-10(20)17-9-4-2-3-5-16-9/h2-5H,7H2,1H3,(H2,15,18,19)(H,16,17,20). The number of pyridine rings is 1. The number of hydrogen-bond donors (Lipinski definition) is 2. The molecule has 2 heterocycles. The maximum Gasteiger partial charge on any atom is 0.235 e. The normalized spacial score (nSPS) is 10.0. The van der Waals surface area contributed by atoms with Gasteiger partial charge in [-0.25, -0.2) is 15.0 Å². The van der Waals surface area contributed by atoms with E-state index in [1.165, 1.54) is 11.8 Å². The number of aromatic nitrogens is 3. The first-order valence-corrected chi connectivity index (χ1v) is 8.30. The molecule has 0 aromatic carbocycles. The van der Waals surface area contributed by atoms with Gasteiger partial charge < -0.3 is 11.1 Å². The molecule has 0 radical (unpaired) electrons. The first-order valence-electron chi connectivity index (χ1n) is 6.09. The smallest absolute Gasteiger partial charge is 0.235 e. The Hall–Kier alpha value is -2.31. The fourth-order valence-corrected chi connectivity index (χ4v) is 2.91. The van der Waals surface area contributed by atoms with Gasteiger partial charge in [-0.1, -0.05) is 17.8 Å². The van der Waals surface area contributed by atoms with Gasteiger partial charge in [0.2, 0.25) is 11.9 Å². The number of carbonyl (C=O) groups is 1. The van der Waals surface area contributed by atoms with Crippen molar-refractivity contribution in [3.63, 3.8) is 0 Å². The summed E-state index contributed by atoms with van der Waals surface area (Å²) in [6.45, 7) is 0. The molecular weight excluding hydrogens is 320 g/mol. The van der Waals surface area contributed by atoms with E-state index in [0.29, 0.717) is 21.4 Å². The summed E-state index contributed by atoms with van der Waals surface area (Å²) in [7, 11) is 0. The lowest BCUT2D eigenvalue weighted by Crippen LogP contribution is -2.15. The van der Waals surface area contributed by atoms with Gasteiger partial charge in [0.25, 0.3) is 0 Å². The number of rotatable bonds is 5. The molecule has 1 amide bonds. The molecule has 2 rings (SSSR count). The molecule has 2 aromatic rings. The van der Waals surface area contributed by atoms with E-state index in [2.05, 4.69) is 20.3 Å². The summed E-state index contributed by atoms with van der Waals surface area (Å²) < 4.78 is 0. The van der Waals surface area contributed by atoms with E-state index in [1.54, 1.807) is 30.7 Å². The highest BCUT2D eigenvalue weighted by molar-refractivity contribution is 8.00. The molecule has 3 N–H and O–H groups in total. The summed E-state index contributed by atoms with van der Waals surface area (Å²) in [6, 6.07) is 7.28. The minimum atomic E-state index is -0.240. The molecule has 0 fully saturated rings. The lowest BCUT2D eigenvalue weighted by molar-refractivity contribution is -0.113. The number of nitriles is 1. The maximum atomic E-state index is 11.9. The minimum Gasteiger partial charge on any atom is -0.368 e. The molecule has 0 aliphatic heterocycles. The summed E-state index contributed by atoms with van der Waals surface area (Å²) in [5.41, 5.74) is 5.95. The fraction of sp³-hybridized carbons (Fsp3) is 0.154. The average Bonchev–Trinajstić information content (AvgIpc) is 2.53. The number of nitrogen functional groups attached to an aromatic ring is 1. The van der Waals surface area contributed by atoms with E-state index in [1.807, 2.05) is 6.07 Å². The number of nitrogens with one attached hydrogen (secondary N) is 1. The Kier molecular flexibility index (Phi) is 5.57. The van der Waals surface area contributed by atoms with E-state index >= 15 is 0 Å². The molecule has 0 spiro atoms. The van der Waals surface area contributed by atoms with E-state index in [0.717, 1.165) is 11.8 Å². The molecule has 0 unspecified atom stereocenters. The second-order valence-corrected chi connectivity index (χ2v) is 5.69. The van der Waals surface area contributed by atoms with Gasteiger partial charge in [0.1, 0.15) is 27.5 Å². The second-order valence-electron chi connectivity index (χ2n) is 3.93. The Balaban J connectivity index is 2.07. The fourth-order valence-electron chi connectivity index (χ4n) is 1.53. The van der Waals surface area contributed by atoms with Crippen LogP contribution in [0.25, 0.3) is 0 Å². The maximum absolute atomic E-state index is 11.9. The number of nitrogens with two attached hydrogens (primary N) is 1. The van der Waals surface area contributed by atoms with E-state index in [-0.39, 0.29) is 17.6 Å². The van der Waals surface area contributed by atoms with Crippen LogP contribution in [-0.2, 0) is 4.79 Å². The van der Waals surface area contributed by atoms with Crippen LogP contribution in [0.3, 0.4) is 0 Å². The van der Waals surface area contributed by atoms with Crippen molar-refractivity contribution in [1.82, 2.24) is 15.0 Å². The van der Waals surface area contributed by atoms with Crippen molar-refractivity contribution in [2.75, 3.05) is 23.1 Å². The van der Waals surface area contributed by atoms with Crippen LogP contribution in [0.4, 0.5) is 11.8 Å². The van der Waals surface area contributed by atoms with Gasteiger partial charge in [0.05, 0.1) is 5.75 Å². The van der Waals surface area contributed by atoms with Crippen molar-refractivity contribution in [3.8, 4) is 6.07 Å². The van der Waals surface area contributed by atoms with E-state index in [9.17, 15) is 10.1 Å². The highest BCUT2D eigenvalue weighted by Crippen LogP contribution is 2.27. The molecule has 2 aromatic heterocycles. The quantitative estimate of drug-likeness (QED) is 0.628. The van der Waals surface area contributed by atoms with Gasteiger partial charge in [0, 0.05) is 6.20 Å². The SMILES string of the molecule is CSc1nc(N)nc(SCC(=O)Nc2ccccn2)c1C#N. The van der Waals surface area contributed by atoms with Crippen molar-refractivity contribution < 1.29 is 4.79 Å². The number of thioether (sulfide) groups is 2. The largest absolute Gasteiger partial charge is 0.368 e. The van der Waals surface area contributed by atoms with E-state index in [4.69, 9.17) is 5.73 Å². The predicted molar refractivity (Wildman–Crippen MR) is 86.5 cm³/mol. The van der Waals surface area contributed by atoms with Gasteiger partial charge in [-0.2, -0.15) is 5.26 Å². The Bertz CT molecular complexity index is 716. The van der Waals surface area contributed by atoms with Crippen LogP contribution in [0, 0.1) is 11.3 Å². The molecule has 9 heteroatoms. The van der Waals surface area contributed by atoms with Crippen molar-refractivity contribution in [3.05, 3.63) is 30.0 Å². The van der Waals surface area contributed by atoms with Crippen LogP contribution in [0.2, 0.25) is 0 Å². The first kappa shape index (κ1) is 16.1. The summed E-state index contributed by atoms with van der Waals surface area (Å²) in [6.07, 6.45) is 3.39. The van der Waals surface area contributed by atoms with Gasteiger partial charge in [-0.15, -0.1) is 11.8 Å². The Morgan fingerprint density at radius 1 is 1.41 bits per heavy atom. The summed E-state index contributed by atoms with van der Waals surface area (Å²) in [5.74, 6) is 0.405. The second kappa shape index (κ2) is 7.63. The zero-order valence-electron chi connectivity index (χ0n) is 11.6. The molecule has 0 saturated heterocycles. The summed E-state index contributed by atoms with van der Waals surface area (Å²) in [5, 5.41) is 12.8. The third-order valence-corrected chi connectivity index (χ3v) is 4.09. The number of hydrogen-bond acceptors (Lipinski definition) is 8. The monoisotopic (exact) mass is 332 g/mol. The topological polar surface area (TPSA) is 118 Å². The molecule has 0 bridgehead atoms. The van der Waals surface area contributed by atoms with Crippen molar-refractivity contribution in [1.29, 1.82) is 5.26 Å². The van der Waals surface area contributed by atoms with Crippen LogP contribution in [-0.4, -0.2) is 32.9 Å². The van der Waals surface area contributed by atoms with Gasteiger partial charge in [-0.3, -0.25) is 4.79 Å². The highest BCUT2D eigenvalue weighted by atomic mass is 32.2. The molecule has 0 aliphatic rings. The van der Waals surface area contributed by atoms with Gasteiger partial charge >= 0.3 is 0 Å². The number of amides is 1. The molecule has 22 heavy (non-hydrogen) atoms. The summed E-state index contributed by atoms with van der Waals surface area (Å²) >= 11 is 2.44.